The van der Waals surface area contributed by atoms with E-state index in [2.05, 4.69) is 5.32 Å². The minimum Gasteiger partial charge on any atom is -0.355 e. The van der Waals surface area contributed by atoms with Crippen LogP contribution in [0.3, 0.4) is 0 Å². The topological polar surface area (TPSA) is 130 Å². The maximum Gasteiger partial charge on any atom is 0.271 e. The van der Waals surface area contributed by atoms with Gasteiger partial charge < -0.3 is 10.2 Å². The number of nitrogens with one attached hydrogen (secondary N) is 1. The number of halogens is 2. The van der Waals surface area contributed by atoms with Crippen LogP contribution in [0, 0.1) is 10.1 Å². The number of carbonyl (C=O) groups excluding carboxylic acids is 2. The first kappa shape index (κ1) is 27.4. The Morgan fingerprint density at radius 3 is 2.26 bits per heavy atom. The van der Waals surface area contributed by atoms with Gasteiger partial charge in [0.05, 0.1) is 16.9 Å². The van der Waals surface area contributed by atoms with Crippen LogP contribution in [0.15, 0.2) is 42.5 Å². The van der Waals surface area contributed by atoms with E-state index in [4.69, 9.17) is 23.2 Å². The Kier molecular flexibility index (Phi) is 9.25. The molecule has 0 aromatic heterocycles. The Hall–Kier alpha value is -2.89. The van der Waals surface area contributed by atoms with Crippen LogP contribution in [0.2, 0.25) is 10.0 Å². The molecule has 0 spiro atoms. The van der Waals surface area contributed by atoms with E-state index in [9.17, 15) is 28.1 Å². The quantitative estimate of drug-likeness (QED) is 0.370. The molecule has 2 aromatic rings. The predicted molar refractivity (Wildman–Crippen MR) is 130 cm³/mol. The number of likely N-dealkylation sites (N-methyl/N-ethyl adjacent to an activating group) is 1. The van der Waals surface area contributed by atoms with Crippen molar-refractivity contribution in [3.05, 3.63) is 68.2 Å². The van der Waals surface area contributed by atoms with Crippen molar-refractivity contribution in [2.75, 3.05) is 23.7 Å². The lowest BCUT2D eigenvalue weighted by Crippen LogP contribution is -2.51. The van der Waals surface area contributed by atoms with Gasteiger partial charge >= 0.3 is 0 Å². The molecule has 0 bridgehead atoms. The van der Waals surface area contributed by atoms with Crippen LogP contribution in [-0.4, -0.2) is 55.4 Å². The van der Waals surface area contributed by atoms with Crippen molar-refractivity contribution in [3.8, 4) is 0 Å². The van der Waals surface area contributed by atoms with Crippen molar-refractivity contribution in [2.45, 2.75) is 26.4 Å². The van der Waals surface area contributed by atoms with Crippen molar-refractivity contribution in [3.63, 3.8) is 0 Å². The first-order chi connectivity index (χ1) is 15.9. The molecule has 0 saturated heterocycles. The highest BCUT2D eigenvalue weighted by atomic mass is 35.5. The molecule has 1 N–H and O–H groups in total. The average molecular weight is 531 g/mol. The molecule has 1 atom stereocenters. The summed E-state index contributed by atoms with van der Waals surface area (Å²) < 4.78 is 25.8. The highest BCUT2D eigenvalue weighted by Gasteiger charge is 2.31. The van der Waals surface area contributed by atoms with Gasteiger partial charge in [0.2, 0.25) is 21.8 Å². The summed E-state index contributed by atoms with van der Waals surface area (Å²) in [5.74, 6) is -1.19. The van der Waals surface area contributed by atoms with Crippen LogP contribution < -0.4 is 9.62 Å². The zero-order valence-electron chi connectivity index (χ0n) is 18.7. The summed E-state index contributed by atoms with van der Waals surface area (Å²) >= 11 is 12.5. The Morgan fingerprint density at radius 2 is 1.74 bits per heavy atom. The minimum atomic E-state index is -4.02. The number of non-ortho nitro benzene ring substituents is 1. The fraction of sp³-hybridized carbons (Fsp3) is 0.333. The molecule has 2 rings (SSSR count). The Balaban J connectivity index is 2.48. The van der Waals surface area contributed by atoms with Gasteiger partial charge in [0.1, 0.15) is 12.6 Å². The van der Waals surface area contributed by atoms with Gasteiger partial charge in [0, 0.05) is 40.8 Å². The lowest BCUT2D eigenvalue weighted by atomic mass is 10.1. The number of nitro groups is 1. The summed E-state index contributed by atoms with van der Waals surface area (Å²) in [6.07, 6.45) is 0.877. The van der Waals surface area contributed by atoms with E-state index < -0.39 is 39.3 Å². The number of nitro benzene ring substituents is 1. The number of hydrogen-bond donors (Lipinski definition) is 1. The summed E-state index contributed by atoms with van der Waals surface area (Å²) in [7, 11) is -4.02. The van der Waals surface area contributed by atoms with Crippen LogP contribution in [0.25, 0.3) is 0 Å². The van der Waals surface area contributed by atoms with Gasteiger partial charge in [-0.3, -0.25) is 24.0 Å². The highest BCUT2D eigenvalue weighted by Crippen LogP contribution is 2.28. The maximum atomic E-state index is 13.4. The first-order valence-electron chi connectivity index (χ1n) is 10.1. The number of nitrogens with zero attached hydrogens (tertiary/aromatic N) is 3. The Bertz CT molecular complexity index is 1170. The lowest BCUT2D eigenvalue weighted by Gasteiger charge is -2.31. The summed E-state index contributed by atoms with van der Waals surface area (Å²) in [6, 6.07) is 8.69. The van der Waals surface area contributed by atoms with E-state index in [0.717, 1.165) is 21.5 Å². The number of hydrogen-bond acceptors (Lipinski definition) is 6. The molecule has 2 amide bonds. The molecule has 184 valence electrons. The highest BCUT2D eigenvalue weighted by molar-refractivity contribution is 7.92. The van der Waals surface area contributed by atoms with E-state index in [1.165, 1.54) is 25.1 Å². The molecule has 2 aromatic carbocycles. The van der Waals surface area contributed by atoms with Crippen molar-refractivity contribution >= 4 is 56.4 Å². The summed E-state index contributed by atoms with van der Waals surface area (Å²) in [5, 5.41) is 14.3. The monoisotopic (exact) mass is 530 g/mol. The van der Waals surface area contributed by atoms with Gasteiger partial charge in [-0.25, -0.2) is 8.42 Å². The molecular formula is C21H24Cl2N4O6S. The van der Waals surface area contributed by atoms with Gasteiger partial charge in [0.15, 0.2) is 0 Å². The van der Waals surface area contributed by atoms with Gasteiger partial charge in [-0.15, -0.1) is 0 Å². The molecule has 0 fully saturated rings. The maximum absolute atomic E-state index is 13.4. The van der Waals surface area contributed by atoms with Crippen LogP contribution in [-0.2, 0) is 26.2 Å². The average Bonchev–Trinajstić information content (AvgIpc) is 2.76. The SMILES string of the molecule is CCNC(=O)C(C)N(Cc1c(Cl)cccc1Cl)C(=O)CN(c1cccc([N+](=O)[O-])c1)S(C)(=O)=O. The van der Waals surface area contributed by atoms with Crippen LogP contribution >= 0.6 is 23.2 Å². The molecule has 1 unspecified atom stereocenters. The number of sulfonamides is 1. The molecule has 13 heteroatoms. The Morgan fingerprint density at radius 1 is 1.15 bits per heavy atom. The molecule has 0 radical (unpaired) electrons. The number of benzene rings is 2. The number of rotatable bonds is 10. The van der Waals surface area contributed by atoms with E-state index in [1.807, 2.05) is 0 Å². The first-order valence-corrected chi connectivity index (χ1v) is 12.7. The molecule has 0 heterocycles. The van der Waals surface area contributed by atoms with E-state index in [-0.39, 0.29) is 28.0 Å². The largest absolute Gasteiger partial charge is 0.355 e. The smallest absolute Gasteiger partial charge is 0.271 e. The lowest BCUT2D eigenvalue weighted by molar-refractivity contribution is -0.384. The van der Waals surface area contributed by atoms with Gasteiger partial charge in [-0.05, 0) is 32.0 Å². The van der Waals surface area contributed by atoms with Crippen LogP contribution in [0.5, 0.6) is 0 Å². The fourth-order valence-corrected chi connectivity index (χ4v) is 4.49. The molecule has 0 aliphatic heterocycles. The third-order valence-corrected chi connectivity index (χ3v) is 6.76. The standard InChI is InChI=1S/C21H24Cl2N4O6S/c1-4-24-21(29)14(2)25(12-17-18(22)9-6-10-19(17)23)20(28)13-26(34(3,32)33)15-7-5-8-16(11-15)27(30)31/h5-11,14H,4,12-13H2,1-3H3,(H,24,29). The summed E-state index contributed by atoms with van der Waals surface area (Å²) in [6.45, 7) is 2.66. The predicted octanol–water partition coefficient (Wildman–Crippen LogP) is 3.22. The van der Waals surface area contributed by atoms with E-state index in [1.54, 1.807) is 25.1 Å². The van der Waals surface area contributed by atoms with Crippen molar-refractivity contribution in [1.29, 1.82) is 0 Å². The third-order valence-electron chi connectivity index (χ3n) is 4.92. The zero-order valence-corrected chi connectivity index (χ0v) is 21.0. The normalized spacial score (nSPS) is 12.0. The molecule has 10 nitrogen and oxygen atoms in total. The number of amides is 2. The molecule has 0 saturated carbocycles. The number of carbonyl (C=O) groups is 2. The van der Waals surface area contributed by atoms with E-state index >= 15 is 0 Å². The van der Waals surface area contributed by atoms with Gasteiger partial charge in [-0.1, -0.05) is 35.3 Å². The zero-order chi connectivity index (χ0) is 25.6. The third kappa shape index (κ3) is 6.81. The van der Waals surface area contributed by atoms with Crippen LogP contribution in [0.4, 0.5) is 11.4 Å². The summed E-state index contributed by atoms with van der Waals surface area (Å²) in [5.41, 5.74) is -0.0166. The minimum absolute atomic E-state index is 0.0635. The second-order valence-corrected chi connectivity index (χ2v) is 10.1. The summed E-state index contributed by atoms with van der Waals surface area (Å²) in [4.78, 5) is 37.6. The number of anilines is 1. The molecular weight excluding hydrogens is 507 g/mol. The van der Waals surface area contributed by atoms with Crippen LogP contribution in [0.1, 0.15) is 19.4 Å². The van der Waals surface area contributed by atoms with Crippen molar-refractivity contribution in [2.24, 2.45) is 0 Å². The molecule has 0 aliphatic rings. The second-order valence-electron chi connectivity index (χ2n) is 7.34. The van der Waals surface area contributed by atoms with Crippen molar-refractivity contribution in [1.82, 2.24) is 10.2 Å². The molecule has 0 aliphatic carbocycles. The van der Waals surface area contributed by atoms with Crippen molar-refractivity contribution < 1.29 is 22.9 Å². The van der Waals surface area contributed by atoms with Gasteiger partial charge in [-0.2, -0.15) is 0 Å². The Labute approximate surface area is 207 Å². The van der Waals surface area contributed by atoms with Gasteiger partial charge in [0.25, 0.3) is 5.69 Å². The molecule has 34 heavy (non-hydrogen) atoms. The van der Waals surface area contributed by atoms with E-state index in [0.29, 0.717) is 12.1 Å². The second kappa shape index (κ2) is 11.5. The fourth-order valence-electron chi connectivity index (χ4n) is 3.13.